The van der Waals surface area contributed by atoms with Gasteiger partial charge >= 0.3 is 5.76 Å². The molecule has 1 saturated carbocycles. The van der Waals surface area contributed by atoms with E-state index < -0.39 is 16.2 Å². The summed E-state index contributed by atoms with van der Waals surface area (Å²) in [6.07, 6.45) is 1.57. The molecule has 4 rings (SSSR count). The largest absolute Gasteiger partial charge is 0.440 e. The van der Waals surface area contributed by atoms with Gasteiger partial charge < -0.3 is 4.42 Å². The van der Waals surface area contributed by atoms with Crippen molar-refractivity contribution in [1.29, 1.82) is 0 Å². The summed E-state index contributed by atoms with van der Waals surface area (Å²) < 4.78 is 6.34. The molecule has 0 amide bonds. The van der Waals surface area contributed by atoms with Gasteiger partial charge in [0.1, 0.15) is 11.1 Å². The molecule has 2 aromatic heterocycles. The topological polar surface area (TPSA) is 121 Å². The van der Waals surface area contributed by atoms with Crippen LogP contribution in [0, 0.1) is 10.1 Å². The third-order valence-corrected chi connectivity index (χ3v) is 4.15. The molecule has 2 heterocycles. The summed E-state index contributed by atoms with van der Waals surface area (Å²) in [6, 6.07) is 5.60. The second kappa shape index (κ2) is 5.49. The van der Waals surface area contributed by atoms with E-state index in [2.05, 4.69) is 10.1 Å². The van der Waals surface area contributed by atoms with Crippen LogP contribution in [0.3, 0.4) is 0 Å². The first-order valence-corrected chi connectivity index (χ1v) is 7.71. The summed E-state index contributed by atoms with van der Waals surface area (Å²) in [6.45, 7) is 0. The maximum Gasteiger partial charge on any atom is 0.440 e. The van der Waals surface area contributed by atoms with Crippen LogP contribution in [0.25, 0.3) is 22.2 Å². The van der Waals surface area contributed by atoms with Gasteiger partial charge in [-0.25, -0.2) is 9.48 Å². The van der Waals surface area contributed by atoms with Crippen molar-refractivity contribution in [3.63, 3.8) is 0 Å². The molecule has 0 spiro atoms. The minimum atomic E-state index is -0.977. The highest BCUT2D eigenvalue weighted by Gasteiger charge is 2.29. The Morgan fingerprint density at radius 3 is 2.76 bits per heavy atom. The zero-order valence-corrected chi connectivity index (χ0v) is 13.3. The second-order valence-electron chi connectivity index (χ2n) is 5.61. The van der Waals surface area contributed by atoms with Crippen molar-refractivity contribution in [2.45, 2.75) is 18.9 Å². The van der Waals surface area contributed by atoms with Crippen LogP contribution in [-0.2, 0) is 0 Å². The first-order valence-electron chi connectivity index (χ1n) is 7.33. The lowest BCUT2D eigenvalue weighted by molar-refractivity contribution is -0.384. The van der Waals surface area contributed by atoms with Gasteiger partial charge in [0.25, 0.3) is 11.2 Å². The Kier molecular flexibility index (Phi) is 3.39. The van der Waals surface area contributed by atoms with Crippen LogP contribution in [0.15, 0.2) is 38.3 Å². The maximum atomic E-state index is 12.6. The van der Waals surface area contributed by atoms with E-state index in [4.69, 9.17) is 16.0 Å². The highest BCUT2D eigenvalue weighted by molar-refractivity contribution is 6.34. The summed E-state index contributed by atoms with van der Waals surface area (Å²) in [5.74, 6) is -0.977. The number of aromatic nitrogens is 3. The van der Waals surface area contributed by atoms with Crippen molar-refractivity contribution in [1.82, 2.24) is 14.8 Å². The van der Waals surface area contributed by atoms with E-state index in [9.17, 15) is 19.7 Å². The number of hydrogen-bond acceptors (Lipinski definition) is 7. The third-order valence-electron chi connectivity index (χ3n) is 3.88. The van der Waals surface area contributed by atoms with Crippen molar-refractivity contribution >= 4 is 28.3 Å². The van der Waals surface area contributed by atoms with Crippen LogP contribution < -0.4 is 11.3 Å². The van der Waals surface area contributed by atoms with Gasteiger partial charge in [-0.2, -0.15) is 10.1 Å². The molecule has 0 unspecified atom stereocenters. The number of halogens is 1. The van der Waals surface area contributed by atoms with Crippen molar-refractivity contribution in [2.24, 2.45) is 0 Å². The molecular weight excluding hydrogens is 352 g/mol. The van der Waals surface area contributed by atoms with E-state index in [1.165, 1.54) is 22.9 Å². The van der Waals surface area contributed by atoms with Crippen LogP contribution >= 0.6 is 11.6 Å². The number of rotatable bonds is 3. The van der Waals surface area contributed by atoms with Crippen LogP contribution in [0.4, 0.5) is 5.69 Å². The quantitative estimate of drug-likeness (QED) is 0.518. The molecule has 0 N–H and O–H groups in total. The molecule has 1 aliphatic carbocycles. The Hall–Kier alpha value is -3.07. The lowest BCUT2D eigenvalue weighted by atomic mass is 10.1. The molecule has 25 heavy (non-hydrogen) atoms. The summed E-state index contributed by atoms with van der Waals surface area (Å²) >= 11 is 5.99. The standard InChI is InChI=1S/C15H9ClN4O5/c16-13-10-12(25-15(22)17-13)11(18-19(14(10)21)8-4-5-8)7-2-1-3-9(6-7)20(23)24/h1-3,6,8H,4-5H2. The molecule has 0 aliphatic heterocycles. The Morgan fingerprint density at radius 2 is 2.08 bits per heavy atom. The van der Waals surface area contributed by atoms with Crippen LogP contribution in [0.1, 0.15) is 18.9 Å². The lowest BCUT2D eigenvalue weighted by Gasteiger charge is -2.09. The van der Waals surface area contributed by atoms with Gasteiger partial charge in [-0.1, -0.05) is 23.7 Å². The number of fused-ring (bicyclic) bond motifs is 1. The van der Waals surface area contributed by atoms with Crippen molar-refractivity contribution in [3.05, 3.63) is 60.4 Å². The number of nitrogens with zero attached hydrogens (tertiary/aromatic N) is 4. The number of hydrogen-bond donors (Lipinski definition) is 0. The highest BCUT2D eigenvalue weighted by Crippen LogP contribution is 2.35. The summed E-state index contributed by atoms with van der Waals surface area (Å²) in [5.41, 5.74) is -0.329. The molecule has 0 radical (unpaired) electrons. The smallest absolute Gasteiger partial charge is 0.405 e. The third kappa shape index (κ3) is 2.58. The monoisotopic (exact) mass is 360 g/mol. The molecular formula is C15H9ClN4O5. The van der Waals surface area contributed by atoms with E-state index in [-0.39, 0.29) is 33.5 Å². The molecule has 0 saturated heterocycles. The van der Waals surface area contributed by atoms with Crippen LogP contribution in [0.2, 0.25) is 5.15 Å². The SMILES string of the molecule is O=c1nc(Cl)c2c(=O)n(C3CC3)nc(-c3cccc([N+](=O)[O-])c3)c2o1. The maximum absolute atomic E-state index is 12.6. The second-order valence-corrected chi connectivity index (χ2v) is 5.97. The Balaban J connectivity index is 2.11. The van der Waals surface area contributed by atoms with Gasteiger partial charge in [0.05, 0.1) is 11.0 Å². The normalized spacial score (nSPS) is 14.0. The predicted molar refractivity (Wildman–Crippen MR) is 87.7 cm³/mol. The Bertz CT molecular complexity index is 1150. The molecule has 9 nitrogen and oxygen atoms in total. The van der Waals surface area contributed by atoms with Gasteiger partial charge in [-0.05, 0) is 12.8 Å². The predicted octanol–water partition coefficient (Wildman–Crippen LogP) is 2.31. The van der Waals surface area contributed by atoms with Gasteiger partial charge in [0.15, 0.2) is 10.7 Å². The number of benzene rings is 1. The first-order chi connectivity index (χ1) is 12.0. The van der Waals surface area contributed by atoms with Crippen molar-refractivity contribution < 1.29 is 9.34 Å². The fourth-order valence-electron chi connectivity index (χ4n) is 2.58. The minimum Gasteiger partial charge on any atom is -0.405 e. The fourth-order valence-corrected chi connectivity index (χ4v) is 2.81. The van der Waals surface area contributed by atoms with Crippen molar-refractivity contribution in [3.8, 4) is 11.3 Å². The van der Waals surface area contributed by atoms with Crippen molar-refractivity contribution in [2.75, 3.05) is 0 Å². The lowest BCUT2D eigenvalue weighted by Crippen LogP contribution is -2.24. The molecule has 0 atom stereocenters. The summed E-state index contributed by atoms with van der Waals surface area (Å²) in [5, 5.41) is 15.0. The fraction of sp³-hybridized carbons (Fsp3) is 0.200. The summed E-state index contributed by atoms with van der Waals surface area (Å²) in [7, 11) is 0. The first kappa shape index (κ1) is 15.5. The molecule has 1 aromatic carbocycles. The van der Waals surface area contributed by atoms with E-state index in [1.54, 1.807) is 6.07 Å². The number of nitro groups is 1. The summed E-state index contributed by atoms with van der Waals surface area (Å²) in [4.78, 5) is 38.1. The van der Waals surface area contributed by atoms with Crippen LogP contribution in [-0.4, -0.2) is 19.7 Å². The van der Waals surface area contributed by atoms with Crippen LogP contribution in [0.5, 0.6) is 0 Å². The highest BCUT2D eigenvalue weighted by atomic mass is 35.5. The van der Waals surface area contributed by atoms with E-state index >= 15 is 0 Å². The number of nitro benzene ring substituents is 1. The van der Waals surface area contributed by atoms with E-state index in [1.807, 2.05) is 0 Å². The van der Waals surface area contributed by atoms with Gasteiger partial charge in [-0.3, -0.25) is 14.9 Å². The van der Waals surface area contributed by atoms with Gasteiger partial charge in [0.2, 0.25) is 0 Å². The van der Waals surface area contributed by atoms with Gasteiger partial charge in [0, 0.05) is 17.7 Å². The molecule has 0 bridgehead atoms. The van der Waals surface area contributed by atoms with E-state index in [0.29, 0.717) is 5.56 Å². The average Bonchev–Trinajstić information content (AvgIpc) is 3.39. The molecule has 126 valence electrons. The zero-order valence-electron chi connectivity index (χ0n) is 12.5. The van der Waals surface area contributed by atoms with Gasteiger partial charge in [-0.15, -0.1) is 0 Å². The van der Waals surface area contributed by atoms with E-state index in [0.717, 1.165) is 12.8 Å². The number of non-ortho nitro benzene ring substituents is 1. The molecule has 10 heteroatoms. The zero-order chi connectivity index (χ0) is 17.7. The molecule has 3 aromatic rings. The minimum absolute atomic E-state index is 0.0651. The molecule has 1 aliphatic rings. The Morgan fingerprint density at radius 1 is 1.32 bits per heavy atom. The average molecular weight is 361 g/mol. The Labute approximate surface area is 143 Å². The molecule has 1 fully saturated rings.